The van der Waals surface area contributed by atoms with Gasteiger partial charge in [-0.2, -0.15) is 4.98 Å². The Morgan fingerprint density at radius 3 is 2.33 bits per heavy atom. The predicted octanol–water partition coefficient (Wildman–Crippen LogP) is 5.70. The molecule has 0 amide bonds. The number of benzene rings is 1. The Morgan fingerprint density at radius 1 is 0.963 bits per heavy atom. The van der Waals surface area contributed by atoms with Crippen LogP contribution in [0.15, 0.2) is 12.1 Å². The summed E-state index contributed by atoms with van der Waals surface area (Å²) in [4.78, 5) is 10.7. The highest BCUT2D eigenvalue weighted by Gasteiger charge is 2.18. The molecule has 0 spiro atoms. The molecule has 0 aliphatic heterocycles. The maximum Gasteiger partial charge on any atom is 0.240 e. The van der Waals surface area contributed by atoms with Gasteiger partial charge in [-0.25, -0.2) is 4.98 Å². The Bertz CT molecular complexity index is 939. The molecule has 0 saturated carbocycles. The molecule has 2 heterocycles. The van der Waals surface area contributed by atoms with Gasteiger partial charge in [0.2, 0.25) is 5.88 Å². The van der Waals surface area contributed by atoms with Gasteiger partial charge in [0.25, 0.3) is 0 Å². The molecule has 3 rings (SSSR count). The molecule has 0 radical (unpaired) electrons. The molecule has 0 atom stereocenters. The molecule has 144 valence electrons. The zero-order valence-corrected chi connectivity index (χ0v) is 17.8. The van der Waals surface area contributed by atoms with Crippen LogP contribution < -0.4 is 10.5 Å². The van der Waals surface area contributed by atoms with E-state index >= 15 is 0 Å². The van der Waals surface area contributed by atoms with Gasteiger partial charge in [-0.05, 0) is 77.1 Å². The highest BCUT2D eigenvalue weighted by atomic mass is 32.1. The smallest absolute Gasteiger partial charge is 0.240 e. The molecule has 27 heavy (non-hydrogen) atoms. The van der Waals surface area contributed by atoms with Gasteiger partial charge in [0.05, 0.1) is 5.52 Å². The zero-order valence-electron chi connectivity index (χ0n) is 17.0. The van der Waals surface area contributed by atoms with E-state index in [4.69, 9.17) is 15.5 Å². The molecule has 5 heteroatoms. The molecule has 0 aliphatic rings. The van der Waals surface area contributed by atoms with Crippen molar-refractivity contribution in [3.05, 3.63) is 45.1 Å². The lowest BCUT2D eigenvalue weighted by Crippen LogP contribution is -1.99. The number of unbranched alkanes of at least 4 members (excludes halogenated alkanes) is 2. The fraction of sp³-hybridized carbons (Fsp3) is 0.455. The van der Waals surface area contributed by atoms with Crippen molar-refractivity contribution in [1.82, 2.24) is 9.97 Å². The first-order valence-electron chi connectivity index (χ1n) is 9.63. The lowest BCUT2D eigenvalue weighted by Gasteiger charge is -2.13. The minimum Gasteiger partial charge on any atom is -0.437 e. The summed E-state index contributed by atoms with van der Waals surface area (Å²) < 4.78 is 7.39. The van der Waals surface area contributed by atoms with Crippen molar-refractivity contribution in [3.63, 3.8) is 0 Å². The highest BCUT2D eigenvalue weighted by Crippen LogP contribution is 2.39. The van der Waals surface area contributed by atoms with Gasteiger partial charge < -0.3 is 10.5 Å². The van der Waals surface area contributed by atoms with Crippen LogP contribution >= 0.6 is 11.3 Å². The van der Waals surface area contributed by atoms with Crippen LogP contribution in [0, 0.1) is 34.6 Å². The molecule has 0 bridgehead atoms. The quantitative estimate of drug-likeness (QED) is 0.532. The maximum absolute atomic E-state index is 6.34. The second-order valence-corrected chi connectivity index (χ2v) is 8.54. The number of aryl methyl sites for hydroxylation is 6. The molecule has 3 aromatic rings. The normalized spacial score (nSPS) is 11.3. The van der Waals surface area contributed by atoms with Gasteiger partial charge in [0, 0.05) is 4.88 Å². The van der Waals surface area contributed by atoms with Crippen LogP contribution in [0.4, 0.5) is 0 Å². The molecular formula is C22H29N3OS. The second-order valence-electron chi connectivity index (χ2n) is 7.32. The van der Waals surface area contributed by atoms with Crippen molar-refractivity contribution >= 4 is 21.6 Å². The third-order valence-corrected chi connectivity index (χ3v) is 5.97. The summed E-state index contributed by atoms with van der Waals surface area (Å²) in [6.07, 6.45) is 4.40. The second kappa shape index (κ2) is 8.36. The van der Waals surface area contributed by atoms with Gasteiger partial charge in [-0.1, -0.05) is 24.1 Å². The van der Waals surface area contributed by atoms with Crippen molar-refractivity contribution < 1.29 is 4.74 Å². The van der Waals surface area contributed by atoms with Crippen LogP contribution in [-0.2, 0) is 6.42 Å². The van der Waals surface area contributed by atoms with Gasteiger partial charge in [0.1, 0.15) is 16.3 Å². The van der Waals surface area contributed by atoms with E-state index in [9.17, 15) is 0 Å². The summed E-state index contributed by atoms with van der Waals surface area (Å²) in [6.45, 7) is 11.2. The average Bonchev–Trinajstić information content (AvgIpc) is 2.90. The number of rotatable bonds is 7. The minimum absolute atomic E-state index is 0.675. The fourth-order valence-electron chi connectivity index (χ4n) is 3.63. The summed E-state index contributed by atoms with van der Waals surface area (Å²) in [5.41, 5.74) is 11.5. The minimum atomic E-state index is 0.675. The van der Waals surface area contributed by atoms with Crippen molar-refractivity contribution in [2.75, 3.05) is 6.54 Å². The lowest BCUT2D eigenvalue weighted by atomic mass is 10.1. The van der Waals surface area contributed by atoms with E-state index in [0.717, 1.165) is 65.1 Å². The Hall–Kier alpha value is -1.98. The molecule has 0 saturated heterocycles. The van der Waals surface area contributed by atoms with E-state index in [1.54, 1.807) is 11.3 Å². The lowest BCUT2D eigenvalue weighted by molar-refractivity contribution is 0.460. The van der Waals surface area contributed by atoms with E-state index in [1.165, 1.54) is 16.0 Å². The summed E-state index contributed by atoms with van der Waals surface area (Å²) >= 11 is 1.74. The summed E-state index contributed by atoms with van der Waals surface area (Å²) in [5.74, 6) is 2.32. The SMILES string of the molecule is Cc1cc(C)c(Oc2nc(C)nc3c(CCCCCN)c(C)sc23)c(C)c1. The molecule has 2 N–H and O–H groups in total. The van der Waals surface area contributed by atoms with E-state index < -0.39 is 0 Å². The number of aromatic nitrogens is 2. The molecule has 1 aromatic carbocycles. The summed E-state index contributed by atoms with van der Waals surface area (Å²) in [5, 5.41) is 0. The molecule has 0 aliphatic carbocycles. The molecule has 0 unspecified atom stereocenters. The number of hydrogen-bond donors (Lipinski definition) is 1. The van der Waals surface area contributed by atoms with Crippen molar-refractivity contribution in [2.45, 2.75) is 60.3 Å². The largest absolute Gasteiger partial charge is 0.437 e. The maximum atomic E-state index is 6.34. The van der Waals surface area contributed by atoms with Crippen LogP contribution in [0.5, 0.6) is 11.6 Å². The summed E-state index contributed by atoms with van der Waals surface area (Å²) in [6, 6.07) is 4.30. The van der Waals surface area contributed by atoms with Crippen molar-refractivity contribution in [3.8, 4) is 11.6 Å². The van der Waals surface area contributed by atoms with E-state index in [1.807, 2.05) is 6.92 Å². The number of nitrogens with zero attached hydrogens (tertiary/aromatic N) is 2. The van der Waals surface area contributed by atoms with Crippen LogP contribution in [-0.4, -0.2) is 16.5 Å². The molecule has 0 fully saturated rings. The topological polar surface area (TPSA) is 61.0 Å². The first kappa shape index (κ1) is 19.8. The average molecular weight is 384 g/mol. The van der Waals surface area contributed by atoms with Crippen molar-refractivity contribution in [2.24, 2.45) is 5.73 Å². The van der Waals surface area contributed by atoms with Crippen LogP contribution in [0.3, 0.4) is 0 Å². The molecule has 4 nitrogen and oxygen atoms in total. The third-order valence-electron chi connectivity index (χ3n) is 4.85. The number of hydrogen-bond acceptors (Lipinski definition) is 5. The van der Waals surface area contributed by atoms with E-state index in [2.05, 4.69) is 44.8 Å². The monoisotopic (exact) mass is 383 g/mol. The third kappa shape index (κ3) is 4.30. The standard InChI is InChI=1S/C22H29N3OS/c1-13-11-14(2)20(15(3)12-13)26-22-21-19(24-17(5)25-22)18(16(4)27-21)9-7-6-8-10-23/h11-12H,6-10,23H2,1-5H3. The Morgan fingerprint density at radius 2 is 1.67 bits per heavy atom. The summed E-state index contributed by atoms with van der Waals surface area (Å²) in [7, 11) is 0. The van der Waals surface area contributed by atoms with Crippen LogP contribution in [0.1, 0.15) is 52.2 Å². The van der Waals surface area contributed by atoms with E-state index in [0.29, 0.717) is 5.88 Å². The van der Waals surface area contributed by atoms with Gasteiger partial charge in [-0.15, -0.1) is 11.3 Å². The molecular weight excluding hydrogens is 354 g/mol. The fourth-order valence-corrected chi connectivity index (χ4v) is 4.69. The number of ether oxygens (including phenoxy) is 1. The first-order chi connectivity index (χ1) is 12.9. The van der Waals surface area contributed by atoms with Crippen molar-refractivity contribution in [1.29, 1.82) is 0 Å². The Kier molecular flexibility index (Phi) is 6.12. The van der Waals surface area contributed by atoms with Crippen LogP contribution in [0.25, 0.3) is 10.2 Å². The Labute approximate surface area is 165 Å². The van der Waals surface area contributed by atoms with Crippen LogP contribution in [0.2, 0.25) is 0 Å². The van der Waals surface area contributed by atoms with Gasteiger partial charge >= 0.3 is 0 Å². The highest BCUT2D eigenvalue weighted by molar-refractivity contribution is 7.19. The molecule has 2 aromatic heterocycles. The first-order valence-corrected chi connectivity index (χ1v) is 10.4. The van der Waals surface area contributed by atoms with E-state index in [-0.39, 0.29) is 0 Å². The van der Waals surface area contributed by atoms with Gasteiger partial charge in [-0.3, -0.25) is 0 Å². The van der Waals surface area contributed by atoms with Gasteiger partial charge in [0.15, 0.2) is 0 Å². The Balaban J connectivity index is 2.00. The zero-order chi connectivity index (χ0) is 19.6. The number of thiophene rings is 1. The number of nitrogens with two attached hydrogens (primary N) is 1. The number of fused-ring (bicyclic) bond motifs is 1. The predicted molar refractivity (Wildman–Crippen MR) is 114 cm³/mol.